The molecule has 4 unspecified atom stereocenters. The van der Waals surface area contributed by atoms with Crippen molar-refractivity contribution in [2.75, 3.05) is 33.4 Å². The SMILES string of the molecule is COC1C(OC(=O)NCCCCCCNC(=O)CNOBF)CC[C@]2(CO2)C1C1(C)O[C@@H]1CC=C(C)C. The number of hydrogen-bond donors (Lipinski definition) is 3. The van der Waals surface area contributed by atoms with Gasteiger partial charge in [-0.15, -0.1) is 0 Å². The van der Waals surface area contributed by atoms with E-state index in [1.165, 1.54) is 5.57 Å². The molecule has 6 atom stereocenters. The topological polar surface area (TPSA) is 123 Å². The normalized spacial score (nSPS) is 31.9. The molecule has 3 aliphatic rings. The number of carbonyl (C=O) groups is 2. The third-order valence-corrected chi connectivity index (χ3v) is 7.58. The molecule has 12 heteroatoms. The van der Waals surface area contributed by atoms with Crippen LogP contribution in [0.2, 0.25) is 0 Å². The van der Waals surface area contributed by atoms with Gasteiger partial charge in [-0.05, 0) is 52.9 Å². The highest BCUT2D eigenvalue weighted by atomic mass is 19.1. The Bertz CT molecular complexity index is 796. The van der Waals surface area contributed by atoms with E-state index in [0.717, 1.165) is 38.5 Å². The van der Waals surface area contributed by atoms with Gasteiger partial charge < -0.3 is 34.3 Å². The minimum Gasteiger partial charge on any atom is -0.443 e. The van der Waals surface area contributed by atoms with Crippen LogP contribution in [0, 0.1) is 5.92 Å². The average molecular weight is 527 g/mol. The van der Waals surface area contributed by atoms with Crippen molar-refractivity contribution in [1.29, 1.82) is 0 Å². The number of allylic oxidation sites excluding steroid dienone is 1. The van der Waals surface area contributed by atoms with Gasteiger partial charge in [0.1, 0.15) is 23.4 Å². The first kappa shape index (κ1) is 29.8. The maximum Gasteiger partial charge on any atom is 0.498 e. The molecular weight excluding hydrogens is 484 g/mol. The first-order chi connectivity index (χ1) is 17.8. The van der Waals surface area contributed by atoms with Crippen molar-refractivity contribution in [3.8, 4) is 0 Å². The summed E-state index contributed by atoms with van der Waals surface area (Å²) in [5, 5.41) is 5.57. The van der Waals surface area contributed by atoms with Crippen molar-refractivity contribution in [2.24, 2.45) is 5.92 Å². The molecule has 3 rings (SSSR count). The number of nitrogens with one attached hydrogen (secondary N) is 3. The van der Waals surface area contributed by atoms with Crippen molar-refractivity contribution in [3.05, 3.63) is 11.6 Å². The van der Waals surface area contributed by atoms with Crippen LogP contribution in [0.5, 0.6) is 0 Å². The molecule has 2 aliphatic heterocycles. The van der Waals surface area contributed by atoms with E-state index in [4.69, 9.17) is 18.9 Å². The average Bonchev–Trinajstić information content (AvgIpc) is 3.77. The molecule has 1 aliphatic carbocycles. The number of epoxide rings is 2. The maximum atomic E-state index is 12.5. The number of hydroxylamine groups is 1. The van der Waals surface area contributed by atoms with E-state index in [0.29, 0.717) is 26.1 Å². The minimum absolute atomic E-state index is 0.000366. The van der Waals surface area contributed by atoms with Gasteiger partial charge in [-0.3, -0.25) is 9.11 Å². The fraction of sp³-hybridized carbons (Fsp3) is 0.840. The molecule has 1 saturated carbocycles. The Morgan fingerprint density at radius 2 is 1.86 bits per heavy atom. The van der Waals surface area contributed by atoms with Gasteiger partial charge >= 0.3 is 13.9 Å². The largest absolute Gasteiger partial charge is 0.498 e. The van der Waals surface area contributed by atoms with Gasteiger partial charge in [-0.1, -0.05) is 24.5 Å². The summed E-state index contributed by atoms with van der Waals surface area (Å²) in [6.07, 6.45) is 7.04. The first-order valence-corrected chi connectivity index (χ1v) is 13.4. The van der Waals surface area contributed by atoms with Crippen LogP contribution in [0.1, 0.15) is 65.7 Å². The third kappa shape index (κ3) is 8.38. The van der Waals surface area contributed by atoms with Crippen LogP contribution in [-0.2, 0) is 28.5 Å². The lowest BCUT2D eigenvalue weighted by Crippen LogP contribution is -2.56. The van der Waals surface area contributed by atoms with Crippen LogP contribution in [0.3, 0.4) is 0 Å². The Morgan fingerprint density at radius 3 is 2.49 bits per heavy atom. The number of unbranched alkanes of at least 4 members (excludes halogenated alkanes) is 3. The highest BCUT2D eigenvalue weighted by Gasteiger charge is 2.72. The number of amides is 2. The zero-order valence-corrected chi connectivity index (χ0v) is 22.6. The lowest BCUT2D eigenvalue weighted by atomic mass is 9.68. The Balaban J connectivity index is 1.35. The van der Waals surface area contributed by atoms with E-state index in [2.05, 4.69) is 47.7 Å². The predicted octanol–water partition coefficient (Wildman–Crippen LogP) is 2.22. The molecule has 0 radical (unpaired) electrons. The van der Waals surface area contributed by atoms with Gasteiger partial charge in [0, 0.05) is 20.2 Å². The molecule has 2 amide bonds. The summed E-state index contributed by atoms with van der Waals surface area (Å²) >= 11 is 0. The summed E-state index contributed by atoms with van der Waals surface area (Å²) in [5.41, 5.74) is 2.88. The summed E-state index contributed by atoms with van der Waals surface area (Å²) in [6, 6.07) is 0. The van der Waals surface area contributed by atoms with Crippen LogP contribution >= 0.6 is 0 Å². The van der Waals surface area contributed by atoms with E-state index in [1.54, 1.807) is 7.11 Å². The summed E-state index contributed by atoms with van der Waals surface area (Å²) in [4.78, 5) is 24.0. The van der Waals surface area contributed by atoms with Crippen molar-refractivity contribution >= 4 is 19.8 Å². The third-order valence-electron chi connectivity index (χ3n) is 7.58. The first-order valence-electron chi connectivity index (χ1n) is 13.4. The van der Waals surface area contributed by atoms with Gasteiger partial charge in [0.25, 0.3) is 0 Å². The number of hydrogen-bond acceptors (Lipinski definition) is 8. The number of halogens is 1. The summed E-state index contributed by atoms with van der Waals surface area (Å²) in [6.45, 7) is 7.96. The Labute approximate surface area is 220 Å². The molecule has 0 aromatic carbocycles. The molecule has 210 valence electrons. The zero-order chi connectivity index (χ0) is 26.9. The molecule has 2 heterocycles. The molecule has 3 fully saturated rings. The second-order valence-electron chi connectivity index (χ2n) is 10.6. The molecule has 2 saturated heterocycles. The van der Waals surface area contributed by atoms with Crippen molar-refractivity contribution < 1.29 is 37.6 Å². The number of rotatable bonds is 16. The smallest absolute Gasteiger partial charge is 0.443 e. The van der Waals surface area contributed by atoms with Crippen LogP contribution in [0.25, 0.3) is 0 Å². The molecule has 37 heavy (non-hydrogen) atoms. The van der Waals surface area contributed by atoms with E-state index in [1.807, 2.05) is 0 Å². The number of alkyl carbamates (subject to hydrolysis) is 1. The van der Waals surface area contributed by atoms with Crippen molar-refractivity contribution in [3.63, 3.8) is 0 Å². The van der Waals surface area contributed by atoms with Crippen molar-refractivity contribution in [2.45, 2.75) is 95.2 Å². The predicted molar refractivity (Wildman–Crippen MR) is 137 cm³/mol. The van der Waals surface area contributed by atoms with Crippen LogP contribution < -0.4 is 16.1 Å². The second kappa shape index (κ2) is 13.9. The van der Waals surface area contributed by atoms with Gasteiger partial charge in [-0.2, -0.15) is 0 Å². The minimum atomic E-state index is -0.982. The fourth-order valence-corrected chi connectivity index (χ4v) is 5.49. The Kier molecular flexibility index (Phi) is 11.2. The molecule has 0 aromatic heterocycles. The van der Waals surface area contributed by atoms with Crippen LogP contribution in [0.4, 0.5) is 9.11 Å². The monoisotopic (exact) mass is 527 g/mol. The van der Waals surface area contributed by atoms with Gasteiger partial charge in [-0.25, -0.2) is 10.3 Å². The molecule has 0 bridgehead atoms. The van der Waals surface area contributed by atoms with Crippen LogP contribution in [-0.4, -0.2) is 82.6 Å². The maximum absolute atomic E-state index is 12.5. The zero-order valence-electron chi connectivity index (χ0n) is 22.6. The quantitative estimate of drug-likeness (QED) is 0.0919. The highest BCUT2D eigenvalue weighted by molar-refractivity contribution is 6.16. The summed E-state index contributed by atoms with van der Waals surface area (Å²) < 4.78 is 40.0. The number of ether oxygens (including phenoxy) is 4. The summed E-state index contributed by atoms with van der Waals surface area (Å²) in [7, 11) is 0.686. The van der Waals surface area contributed by atoms with E-state index < -0.39 is 13.9 Å². The molecular formula is C25H43BFN3O7. The lowest BCUT2D eigenvalue weighted by Gasteiger charge is -2.42. The van der Waals surface area contributed by atoms with Crippen molar-refractivity contribution in [1.82, 2.24) is 16.1 Å². The number of methoxy groups -OCH3 is 1. The van der Waals surface area contributed by atoms with E-state index in [-0.39, 0.29) is 47.9 Å². The number of carbonyl (C=O) groups excluding carboxylic acids is 2. The Hall–Kier alpha value is -1.73. The van der Waals surface area contributed by atoms with Gasteiger partial charge in [0.2, 0.25) is 5.91 Å². The molecule has 3 N–H and O–H groups in total. The van der Waals surface area contributed by atoms with Gasteiger partial charge in [0.05, 0.1) is 25.2 Å². The fourth-order valence-electron chi connectivity index (χ4n) is 5.49. The summed E-state index contributed by atoms with van der Waals surface area (Å²) in [5.74, 6) is -0.249. The highest BCUT2D eigenvalue weighted by Crippen LogP contribution is 2.59. The second-order valence-corrected chi connectivity index (χ2v) is 10.6. The molecule has 0 aromatic rings. The Morgan fingerprint density at radius 1 is 1.16 bits per heavy atom. The molecule has 1 spiro atoms. The van der Waals surface area contributed by atoms with E-state index in [9.17, 15) is 13.9 Å². The standard InChI is InChI=1S/C25H43BFN3O7/c1-17(2)9-10-19-24(3,36-19)22-21(33-4)18(11-12-25(22)16-34-25)35-23(32)29-14-8-6-5-7-13-28-20(31)15-30-37-26-27/h9,18-19,21-22,26,30H,5-8,10-16H2,1-4H3,(H,28,31)(H,29,32)/t18?,19-,21?,22?,24?,25+/m1/s1. The molecule has 10 nitrogen and oxygen atoms in total. The van der Waals surface area contributed by atoms with Crippen LogP contribution in [0.15, 0.2) is 11.6 Å². The van der Waals surface area contributed by atoms with Gasteiger partial charge in [0.15, 0.2) is 0 Å². The lowest BCUT2D eigenvalue weighted by molar-refractivity contribution is -0.121. The van der Waals surface area contributed by atoms with E-state index >= 15 is 0 Å².